The van der Waals surface area contributed by atoms with Gasteiger partial charge in [0.25, 0.3) is 0 Å². The summed E-state index contributed by atoms with van der Waals surface area (Å²) in [5.41, 5.74) is 2.82. The molecule has 0 saturated carbocycles. The molecule has 1 atom stereocenters. The van der Waals surface area contributed by atoms with Crippen LogP contribution < -0.4 is 11.3 Å². The molecule has 1 aromatic carbocycles. The van der Waals surface area contributed by atoms with Crippen molar-refractivity contribution in [3.63, 3.8) is 0 Å². The lowest BCUT2D eigenvalue weighted by Gasteiger charge is -2.14. The zero-order valence-corrected chi connectivity index (χ0v) is 13.4. The van der Waals surface area contributed by atoms with Gasteiger partial charge in [0.2, 0.25) is 0 Å². The fourth-order valence-corrected chi connectivity index (χ4v) is 4.40. The van der Waals surface area contributed by atoms with E-state index < -0.39 is 0 Å². The first-order chi connectivity index (χ1) is 8.70. The normalized spacial score (nSPS) is 12.6. The van der Waals surface area contributed by atoms with Crippen molar-refractivity contribution in [2.75, 3.05) is 5.75 Å². The van der Waals surface area contributed by atoms with E-state index in [1.165, 1.54) is 4.90 Å². The second-order valence-electron chi connectivity index (χ2n) is 3.62. The van der Waals surface area contributed by atoms with Crippen LogP contribution in [0.25, 0.3) is 0 Å². The van der Waals surface area contributed by atoms with Gasteiger partial charge in [-0.1, -0.05) is 33.6 Å². The first-order valence-corrected chi connectivity index (χ1v) is 8.31. The lowest BCUT2D eigenvalue weighted by molar-refractivity contribution is 0.620. The summed E-state index contributed by atoms with van der Waals surface area (Å²) in [4.78, 5) is 2.29. The Labute approximate surface area is 128 Å². The molecule has 0 radical (unpaired) electrons. The summed E-state index contributed by atoms with van der Waals surface area (Å²) in [7, 11) is 0. The third kappa shape index (κ3) is 3.73. The van der Waals surface area contributed by atoms with E-state index in [1.54, 1.807) is 23.1 Å². The number of benzene rings is 1. The van der Waals surface area contributed by atoms with E-state index in [-0.39, 0.29) is 6.04 Å². The smallest absolute Gasteiger partial charge is 0.0662 e. The second-order valence-corrected chi connectivity index (χ2v) is 6.98. The van der Waals surface area contributed by atoms with Crippen molar-refractivity contribution in [2.24, 2.45) is 5.84 Å². The molecule has 0 aliphatic rings. The molecule has 2 nitrogen and oxygen atoms in total. The minimum atomic E-state index is 0.0708. The first kappa shape index (κ1) is 14.4. The van der Waals surface area contributed by atoms with Crippen molar-refractivity contribution in [1.82, 2.24) is 5.43 Å². The molecule has 1 unspecified atom stereocenters. The number of nitrogens with two attached hydrogens (primary N) is 1. The van der Waals surface area contributed by atoms with Crippen LogP contribution in [0.4, 0.5) is 0 Å². The van der Waals surface area contributed by atoms with Crippen LogP contribution in [0.1, 0.15) is 10.9 Å². The molecule has 1 heterocycles. The van der Waals surface area contributed by atoms with Crippen molar-refractivity contribution in [2.45, 2.75) is 10.9 Å². The highest BCUT2D eigenvalue weighted by molar-refractivity contribution is 9.10. The predicted octanol–water partition coefficient (Wildman–Crippen LogP) is 4.46. The topological polar surface area (TPSA) is 38.0 Å². The summed E-state index contributed by atoms with van der Waals surface area (Å²) < 4.78 is 1.08. The van der Waals surface area contributed by atoms with Gasteiger partial charge in [-0.15, -0.1) is 23.1 Å². The number of hydrogen-bond donors (Lipinski definition) is 2. The molecule has 0 spiro atoms. The Kier molecular flexibility index (Phi) is 5.54. The summed E-state index contributed by atoms with van der Waals surface area (Å²) in [5, 5.41) is 2.75. The molecule has 0 aliphatic heterocycles. The Bertz CT molecular complexity index is 518. The summed E-state index contributed by atoms with van der Waals surface area (Å²) >= 11 is 13.0. The van der Waals surface area contributed by atoms with Crippen molar-refractivity contribution in [3.8, 4) is 0 Å². The van der Waals surface area contributed by atoms with Crippen LogP contribution in [0.15, 0.2) is 45.1 Å². The third-order valence-corrected chi connectivity index (χ3v) is 5.43. The second kappa shape index (κ2) is 6.93. The lowest BCUT2D eigenvalue weighted by Crippen LogP contribution is -2.29. The molecule has 3 N–H and O–H groups in total. The van der Waals surface area contributed by atoms with Gasteiger partial charge >= 0.3 is 0 Å². The largest absolute Gasteiger partial charge is 0.271 e. The van der Waals surface area contributed by atoms with Crippen LogP contribution in [0.5, 0.6) is 0 Å². The number of thiophene rings is 1. The predicted molar refractivity (Wildman–Crippen MR) is 84.3 cm³/mol. The average molecular weight is 364 g/mol. The van der Waals surface area contributed by atoms with E-state index in [0.717, 1.165) is 20.1 Å². The Hall–Kier alpha value is -0.0400. The van der Waals surface area contributed by atoms with Crippen molar-refractivity contribution >= 4 is 50.6 Å². The Morgan fingerprint density at radius 3 is 2.89 bits per heavy atom. The molecule has 96 valence electrons. The zero-order valence-electron chi connectivity index (χ0n) is 9.40. The summed E-state index contributed by atoms with van der Waals surface area (Å²) in [6, 6.07) is 10.2. The molecule has 0 fully saturated rings. The molecular formula is C12H12BrClN2S2. The monoisotopic (exact) mass is 362 g/mol. The van der Waals surface area contributed by atoms with Gasteiger partial charge in [0.15, 0.2) is 0 Å². The van der Waals surface area contributed by atoms with Gasteiger partial charge in [-0.3, -0.25) is 11.3 Å². The highest BCUT2D eigenvalue weighted by Gasteiger charge is 2.15. The molecule has 0 aliphatic carbocycles. The lowest BCUT2D eigenvalue weighted by atomic mass is 10.3. The molecule has 2 rings (SSSR count). The van der Waals surface area contributed by atoms with Gasteiger partial charge in [0.05, 0.1) is 11.1 Å². The van der Waals surface area contributed by atoms with Crippen LogP contribution in [0.2, 0.25) is 5.02 Å². The molecule has 0 amide bonds. The SMILES string of the molecule is NNC(CSc1cccc(Br)c1)c1sccc1Cl. The number of halogens is 2. The van der Waals surface area contributed by atoms with Crippen LogP contribution >= 0.6 is 50.6 Å². The first-order valence-electron chi connectivity index (χ1n) is 5.28. The van der Waals surface area contributed by atoms with Crippen LogP contribution in [-0.4, -0.2) is 5.75 Å². The van der Waals surface area contributed by atoms with E-state index in [1.807, 2.05) is 23.6 Å². The van der Waals surface area contributed by atoms with Gasteiger partial charge < -0.3 is 0 Å². The quantitative estimate of drug-likeness (QED) is 0.468. The van der Waals surface area contributed by atoms with Crippen LogP contribution in [0.3, 0.4) is 0 Å². The standard InChI is InChI=1S/C12H12BrClN2S2/c13-8-2-1-3-9(6-8)18-7-11(16-15)12-10(14)4-5-17-12/h1-6,11,16H,7,15H2. The average Bonchev–Trinajstić information content (AvgIpc) is 2.77. The number of hydrogen-bond acceptors (Lipinski definition) is 4. The molecule has 0 saturated heterocycles. The Balaban J connectivity index is 2.02. The molecule has 1 aromatic heterocycles. The maximum Gasteiger partial charge on any atom is 0.0662 e. The maximum absolute atomic E-state index is 6.12. The van der Waals surface area contributed by atoms with E-state index in [2.05, 4.69) is 33.5 Å². The van der Waals surface area contributed by atoms with E-state index in [4.69, 9.17) is 17.4 Å². The fourth-order valence-electron chi connectivity index (χ4n) is 1.49. The van der Waals surface area contributed by atoms with Crippen LogP contribution in [0, 0.1) is 0 Å². The zero-order chi connectivity index (χ0) is 13.0. The molecule has 2 aromatic rings. The molecule has 6 heteroatoms. The van der Waals surface area contributed by atoms with Gasteiger partial charge in [-0.2, -0.15) is 0 Å². The minimum absolute atomic E-state index is 0.0708. The highest BCUT2D eigenvalue weighted by Crippen LogP contribution is 2.32. The van der Waals surface area contributed by atoms with Crippen LogP contribution in [-0.2, 0) is 0 Å². The van der Waals surface area contributed by atoms with Gasteiger partial charge in [-0.25, -0.2) is 0 Å². The van der Waals surface area contributed by atoms with E-state index in [9.17, 15) is 0 Å². The Morgan fingerprint density at radius 1 is 1.44 bits per heavy atom. The van der Waals surface area contributed by atoms with Gasteiger partial charge in [0, 0.05) is 20.0 Å². The summed E-state index contributed by atoms with van der Waals surface area (Å²) in [6.07, 6.45) is 0. The number of thioether (sulfide) groups is 1. The van der Waals surface area contributed by atoms with Crippen molar-refractivity contribution < 1.29 is 0 Å². The maximum atomic E-state index is 6.12. The minimum Gasteiger partial charge on any atom is -0.271 e. The molecule has 0 bridgehead atoms. The fraction of sp³-hybridized carbons (Fsp3) is 0.167. The summed E-state index contributed by atoms with van der Waals surface area (Å²) in [6.45, 7) is 0. The Morgan fingerprint density at radius 2 is 2.28 bits per heavy atom. The molecule has 18 heavy (non-hydrogen) atoms. The van der Waals surface area contributed by atoms with Gasteiger partial charge in [0.1, 0.15) is 0 Å². The van der Waals surface area contributed by atoms with E-state index >= 15 is 0 Å². The van der Waals surface area contributed by atoms with Gasteiger partial charge in [-0.05, 0) is 29.6 Å². The van der Waals surface area contributed by atoms with Crippen molar-refractivity contribution in [1.29, 1.82) is 0 Å². The third-order valence-electron chi connectivity index (χ3n) is 2.38. The van der Waals surface area contributed by atoms with Crippen molar-refractivity contribution in [3.05, 3.63) is 50.1 Å². The number of rotatable bonds is 5. The number of hydrazine groups is 1. The number of nitrogens with one attached hydrogen (secondary N) is 1. The highest BCUT2D eigenvalue weighted by atomic mass is 79.9. The van der Waals surface area contributed by atoms with E-state index in [0.29, 0.717) is 0 Å². The molecular weight excluding hydrogens is 352 g/mol. The summed E-state index contributed by atoms with van der Waals surface area (Å²) in [5.74, 6) is 6.44.